The average molecular weight is 355 g/mol. The van der Waals surface area contributed by atoms with Crippen molar-refractivity contribution in [1.29, 1.82) is 0 Å². The molecule has 0 unspecified atom stereocenters. The first-order valence-electron chi connectivity index (χ1n) is 6.44. The molecular formula is C15H16BrFN2O2. The second kappa shape index (κ2) is 6.30. The van der Waals surface area contributed by atoms with Crippen molar-refractivity contribution in [3.63, 3.8) is 0 Å². The van der Waals surface area contributed by atoms with Gasteiger partial charge in [-0.15, -0.1) is 0 Å². The fourth-order valence-electron chi connectivity index (χ4n) is 1.99. The minimum absolute atomic E-state index is 0.0909. The monoisotopic (exact) mass is 354 g/mol. The van der Waals surface area contributed by atoms with E-state index in [1.807, 2.05) is 24.6 Å². The Bertz CT molecular complexity index is 668. The molecule has 0 aliphatic carbocycles. The molecule has 1 heterocycles. The van der Waals surface area contributed by atoms with Gasteiger partial charge in [-0.1, -0.05) is 0 Å². The third-order valence-electron chi connectivity index (χ3n) is 3.01. The number of ether oxygens (including phenoxy) is 1. The average Bonchev–Trinajstić information content (AvgIpc) is 2.83. The quantitative estimate of drug-likeness (QED) is 0.892. The fourth-order valence-corrected chi connectivity index (χ4v) is 2.42. The lowest BCUT2D eigenvalue weighted by Crippen LogP contribution is -2.17. The number of nitrogens with one attached hydrogen (secondary N) is 1. The summed E-state index contributed by atoms with van der Waals surface area (Å²) in [6.07, 6.45) is 1.85. The van der Waals surface area contributed by atoms with Crippen molar-refractivity contribution in [2.45, 2.75) is 19.9 Å². The van der Waals surface area contributed by atoms with Crippen molar-refractivity contribution in [3.8, 4) is 5.75 Å². The number of nitrogens with zero attached hydrogens (tertiary/aromatic N) is 1. The van der Waals surface area contributed by atoms with Crippen LogP contribution >= 0.6 is 15.9 Å². The maximum Gasteiger partial charge on any atom is 0.272 e. The van der Waals surface area contributed by atoms with Crippen LogP contribution in [0.15, 0.2) is 34.9 Å². The van der Waals surface area contributed by atoms with Crippen LogP contribution in [0.3, 0.4) is 0 Å². The van der Waals surface area contributed by atoms with Crippen LogP contribution in [0.2, 0.25) is 0 Å². The molecule has 0 aliphatic heterocycles. The van der Waals surface area contributed by atoms with Gasteiger partial charge in [0.25, 0.3) is 5.91 Å². The second-order valence-corrected chi connectivity index (χ2v) is 5.76. The molecule has 0 radical (unpaired) electrons. The van der Waals surface area contributed by atoms with Crippen molar-refractivity contribution in [2.75, 3.05) is 12.4 Å². The highest BCUT2D eigenvalue weighted by atomic mass is 79.9. The number of carbonyl (C=O) groups is 1. The molecule has 6 heteroatoms. The van der Waals surface area contributed by atoms with Crippen molar-refractivity contribution in [1.82, 2.24) is 4.57 Å². The van der Waals surface area contributed by atoms with Crippen molar-refractivity contribution in [2.24, 2.45) is 0 Å². The zero-order valence-corrected chi connectivity index (χ0v) is 13.6. The van der Waals surface area contributed by atoms with E-state index in [4.69, 9.17) is 4.74 Å². The summed E-state index contributed by atoms with van der Waals surface area (Å²) in [6, 6.07) is 6.10. The molecule has 112 valence electrons. The molecule has 0 atom stereocenters. The zero-order chi connectivity index (χ0) is 15.6. The first-order valence-corrected chi connectivity index (χ1v) is 7.24. The Hall–Kier alpha value is -1.82. The van der Waals surface area contributed by atoms with Crippen molar-refractivity contribution < 1.29 is 13.9 Å². The molecule has 1 amide bonds. The zero-order valence-electron chi connectivity index (χ0n) is 12.0. The van der Waals surface area contributed by atoms with Gasteiger partial charge >= 0.3 is 0 Å². The van der Waals surface area contributed by atoms with Crippen LogP contribution in [-0.4, -0.2) is 17.6 Å². The summed E-state index contributed by atoms with van der Waals surface area (Å²) >= 11 is 3.37. The van der Waals surface area contributed by atoms with E-state index in [1.165, 1.54) is 25.3 Å². The number of methoxy groups -OCH3 is 1. The number of hydrogen-bond donors (Lipinski definition) is 1. The van der Waals surface area contributed by atoms with Crippen LogP contribution in [0.1, 0.15) is 30.4 Å². The predicted octanol–water partition coefficient (Wildman–Crippen LogP) is 4.23. The molecule has 1 aromatic carbocycles. The Morgan fingerprint density at radius 1 is 1.38 bits per heavy atom. The van der Waals surface area contributed by atoms with E-state index in [-0.39, 0.29) is 17.7 Å². The molecule has 1 aromatic heterocycles. The van der Waals surface area contributed by atoms with Gasteiger partial charge in [-0.05, 0) is 48.0 Å². The largest absolute Gasteiger partial charge is 0.494 e. The van der Waals surface area contributed by atoms with Gasteiger partial charge < -0.3 is 14.6 Å². The molecule has 0 bridgehead atoms. The molecule has 0 saturated heterocycles. The van der Waals surface area contributed by atoms with Gasteiger partial charge in [-0.25, -0.2) is 4.39 Å². The maximum absolute atomic E-state index is 13.4. The Kier molecular flexibility index (Phi) is 4.67. The molecule has 21 heavy (non-hydrogen) atoms. The summed E-state index contributed by atoms with van der Waals surface area (Å²) < 4.78 is 20.9. The number of amides is 1. The highest BCUT2D eigenvalue weighted by Gasteiger charge is 2.15. The lowest BCUT2D eigenvalue weighted by Gasteiger charge is -2.13. The number of rotatable bonds is 4. The summed E-state index contributed by atoms with van der Waals surface area (Å²) in [5.74, 6) is -0.639. The fraction of sp³-hybridized carbons (Fsp3) is 0.267. The molecule has 4 nitrogen and oxygen atoms in total. The first kappa shape index (κ1) is 15.6. The number of halogens is 2. The van der Waals surface area contributed by atoms with E-state index < -0.39 is 5.82 Å². The molecule has 0 aliphatic rings. The van der Waals surface area contributed by atoms with Gasteiger partial charge in [-0.2, -0.15) is 0 Å². The molecular weight excluding hydrogens is 339 g/mol. The minimum atomic E-state index is -0.469. The van der Waals surface area contributed by atoms with E-state index in [0.717, 1.165) is 4.47 Å². The number of carbonyl (C=O) groups excluding carboxylic acids is 1. The summed E-state index contributed by atoms with van der Waals surface area (Å²) in [4.78, 5) is 12.3. The smallest absolute Gasteiger partial charge is 0.272 e. The van der Waals surface area contributed by atoms with Crippen LogP contribution in [0.5, 0.6) is 5.75 Å². The first-order chi connectivity index (χ1) is 9.92. The Morgan fingerprint density at radius 3 is 2.71 bits per heavy atom. The normalized spacial score (nSPS) is 10.8. The van der Waals surface area contributed by atoms with Gasteiger partial charge in [0.15, 0.2) is 11.6 Å². The highest BCUT2D eigenvalue weighted by molar-refractivity contribution is 9.10. The van der Waals surface area contributed by atoms with Crippen molar-refractivity contribution >= 4 is 27.5 Å². The van der Waals surface area contributed by atoms with Crippen LogP contribution < -0.4 is 10.1 Å². The molecule has 2 rings (SSSR count). The Balaban J connectivity index is 2.26. The lowest BCUT2D eigenvalue weighted by atomic mass is 10.2. The van der Waals surface area contributed by atoms with Gasteiger partial charge in [0.2, 0.25) is 0 Å². The molecule has 0 fully saturated rings. The van der Waals surface area contributed by atoms with E-state index in [9.17, 15) is 9.18 Å². The predicted molar refractivity (Wildman–Crippen MR) is 83.4 cm³/mol. The summed E-state index contributed by atoms with van der Waals surface area (Å²) in [7, 11) is 1.38. The summed E-state index contributed by atoms with van der Waals surface area (Å²) in [5.41, 5.74) is 1.01. The van der Waals surface area contributed by atoms with E-state index in [0.29, 0.717) is 11.4 Å². The standard InChI is InChI=1S/C15H16BrFN2O2/c1-9(2)19-8-10(16)6-13(19)15(20)18-11-4-5-12(17)14(7-11)21-3/h4-9H,1-3H3,(H,18,20). The van der Waals surface area contributed by atoms with Gasteiger partial charge in [0, 0.05) is 28.5 Å². The van der Waals surface area contributed by atoms with Gasteiger partial charge in [-0.3, -0.25) is 4.79 Å². The van der Waals surface area contributed by atoms with Crippen LogP contribution in [0.4, 0.5) is 10.1 Å². The number of hydrogen-bond acceptors (Lipinski definition) is 2. The number of aromatic nitrogens is 1. The number of benzene rings is 1. The minimum Gasteiger partial charge on any atom is -0.494 e. The summed E-state index contributed by atoms with van der Waals surface area (Å²) in [6.45, 7) is 3.98. The van der Waals surface area contributed by atoms with Crippen molar-refractivity contribution in [3.05, 3.63) is 46.4 Å². The van der Waals surface area contributed by atoms with Crippen LogP contribution in [0.25, 0.3) is 0 Å². The second-order valence-electron chi connectivity index (χ2n) is 4.85. The SMILES string of the molecule is COc1cc(NC(=O)c2cc(Br)cn2C(C)C)ccc1F. The lowest BCUT2D eigenvalue weighted by molar-refractivity contribution is 0.101. The topological polar surface area (TPSA) is 43.3 Å². The highest BCUT2D eigenvalue weighted by Crippen LogP contribution is 2.24. The third-order valence-corrected chi connectivity index (χ3v) is 3.45. The van der Waals surface area contributed by atoms with Gasteiger partial charge in [0.1, 0.15) is 5.69 Å². The summed E-state index contributed by atoms with van der Waals surface area (Å²) in [5, 5.41) is 2.74. The maximum atomic E-state index is 13.4. The van der Waals surface area contributed by atoms with Crippen LogP contribution in [0, 0.1) is 5.82 Å². The van der Waals surface area contributed by atoms with Gasteiger partial charge in [0.05, 0.1) is 7.11 Å². The van der Waals surface area contributed by atoms with Crippen LogP contribution in [-0.2, 0) is 0 Å². The Morgan fingerprint density at radius 2 is 2.10 bits per heavy atom. The van der Waals surface area contributed by atoms with E-state index in [2.05, 4.69) is 21.2 Å². The molecule has 0 spiro atoms. The van der Waals surface area contributed by atoms with E-state index in [1.54, 1.807) is 6.07 Å². The Labute approximate surface area is 131 Å². The van der Waals surface area contributed by atoms with E-state index >= 15 is 0 Å². The third kappa shape index (κ3) is 3.44. The number of anilines is 1. The molecule has 1 N–H and O–H groups in total. The molecule has 0 saturated carbocycles. The molecule has 2 aromatic rings.